The Balaban J connectivity index is 2.20. The van der Waals surface area contributed by atoms with Gasteiger partial charge in [-0.15, -0.1) is 0 Å². The molecular weight excluding hydrogens is 230 g/mol. The van der Waals surface area contributed by atoms with Crippen LogP contribution in [-0.4, -0.2) is 69.1 Å². The van der Waals surface area contributed by atoms with Crippen LogP contribution < -0.4 is 21.4 Å². The quantitative estimate of drug-likeness (QED) is 0.417. The van der Waals surface area contributed by atoms with Crippen LogP contribution in [0.25, 0.3) is 0 Å². The SMILES string of the molecule is ONCN1CCCNCCCNCCCNCC1. The van der Waals surface area contributed by atoms with Crippen LogP contribution in [-0.2, 0) is 0 Å². The average Bonchev–Trinajstić information content (AvgIpc) is 2.39. The molecule has 5 N–H and O–H groups in total. The minimum Gasteiger partial charge on any atom is -0.317 e. The van der Waals surface area contributed by atoms with Crippen molar-refractivity contribution < 1.29 is 5.21 Å². The van der Waals surface area contributed by atoms with Crippen LogP contribution in [0.5, 0.6) is 0 Å². The zero-order valence-electron chi connectivity index (χ0n) is 11.4. The molecule has 0 unspecified atom stereocenters. The van der Waals surface area contributed by atoms with Crippen molar-refractivity contribution in [3.63, 3.8) is 0 Å². The smallest absolute Gasteiger partial charge is 0.0723 e. The molecule has 6 heteroatoms. The summed E-state index contributed by atoms with van der Waals surface area (Å²) in [5, 5.41) is 19.1. The second-order valence-corrected chi connectivity index (χ2v) is 4.74. The van der Waals surface area contributed by atoms with Crippen LogP contribution in [0.2, 0.25) is 0 Å². The van der Waals surface area contributed by atoms with Gasteiger partial charge in [0.25, 0.3) is 0 Å². The van der Waals surface area contributed by atoms with E-state index >= 15 is 0 Å². The largest absolute Gasteiger partial charge is 0.317 e. The normalized spacial score (nSPS) is 23.2. The highest BCUT2D eigenvalue weighted by Gasteiger charge is 2.03. The lowest BCUT2D eigenvalue weighted by Gasteiger charge is -2.21. The first kappa shape index (κ1) is 15.8. The van der Waals surface area contributed by atoms with Crippen LogP contribution in [0, 0.1) is 0 Å². The Morgan fingerprint density at radius 2 is 1.33 bits per heavy atom. The van der Waals surface area contributed by atoms with Crippen LogP contribution in [0.1, 0.15) is 19.3 Å². The highest BCUT2D eigenvalue weighted by atomic mass is 16.5. The first-order valence-corrected chi connectivity index (χ1v) is 7.15. The van der Waals surface area contributed by atoms with Crippen molar-refractivity contribution in [1.29, 1.82) is 0 Å². The Labute approximate surface area is 110 Å². The third kappa shape index (κ3) is 8.79. The van der Waals surface area contributed by atoms with Gasteiger partial charge in [0.05, 0.1) is 6.67 Å². The van der Waals surface area contributed by atoms with Crippen molar-refractivity contribution in [2.45, 2.75) is 19.3 Å². The highest BCUT2D eigenvalue weighted by Crippen LogP contribution is 1.89. The highest BCUT2D eigenvalue weighted by molar-refractivity contribution is 4.61. The lowest BCUT2D eigenvalue weighted by Crippen LogP contribution is -2.39. The van der Waals surface area contributed by atoms with Gasteiger partial charge in [-0.3, -0.25) is 4.90 Å². The third-order valence-electron chi connectivity index (χ3n) is 3.14. The van der Waals surface area contributed by atoms with Gasteiger partial charge in [0.15, 0.2) is 0 Å². The summed E-state index contributed by atoms with van der Waals surface area (Å²) in [6, 6.07) is 0. The lowest BCUT2D eigenvalue weighted by atomic mass is 10.3. The lowest BCUT2D eigenvalue weighted by molar-refractivity contribution is 0.0972. The van der Waals surface area contributed by atoms with Crippen LogP contribution in [0.3, 0.4) is 0 Å². The minimum atomic E-state index is 0.545. The van der Waals surface area contributed by atoms with Gasteiger partial charge in [-0.1, -0.05) is 0 Å². The number of hydrogen-bond donors (Lipinski definition) is 5. The standard InChI is InChI=1S/C12H29N5O/c18-16-12-17-10-3-8-14-6-1-4-13-5-2-7-15-9-11-17/h13-16,18H,1-12H2. The number of nitrogens with zero attached hydrogens (tertiary/aromatic N) is 1. The summed E-state index contributed by atoms with van der Waals surface area (Å²) < 4.78 is 0. The van der Waals surface area contributed by atoms with Gasteiger partial charge >= 0.3 is 0 Å². The Kier molecular flexibility index (Phi) is 10.4. The Bertz CT molecular complexity index is 166. The molecule has 0 bridgehead atoms. The monoisotopic (exact) mass is 259 g/mol. The zero-order valence-corrected chi connectivity index (χ0v) is 11.4. The molecule has 0 amide bonds. The van der Waals surface area contributed by atoms with Gasteiger partial charge in [-0.05, 0) is 52.0 Å². The molecule has 1 heterocycles. The third-order valence-corrected chi connectivity index (χ3v) is 3.14. The molecule has 1 rings (SSSR count). The van der Waals surface area contributed by atoms with E-state index in [-0.39, 0.29) is 0 Å². The fraction of sp³-hybridized carbons (Fsp3) is 1.00. The van der Waals surface area contributed by atoms with E-state index in [0.717, 1.165) is 58.8 Å². The van der Waals surface area contributed by atoms with Crippen molar-refractivity contribution in [3.8, 4) is 0 Å². The molecule has 0 atom stereocenters. The Hall–Kier alpha value is -0.240. The van der Waals surface area contributed by atoms with Gasteiger partial charge in [-0.25, -0.2) is 0 Å². The number of hydrogen-bond acceptors (Lipinski definition) is 6. The molecule has 1 saturated heterocycles. The molecule has 1 aliphatic heterocycles. The molecule has 0 radical (unpaired) electrons. The molecule has 1 aliphatic rings. The summed E-state index contributed by atoms with van der Waals surface area (Å²) in [5.41, 5.74) is 2.25. The first-order chi connectivity index (χ1) is 8.93. The maximum Gasteiger partial charge on any atom is 0.0723 e. The second kappa shape index (κ2) is 11.8. The van der Waals surface area contributed by atoms with E-state index in [0.29, 0.717) is 6.67 Å². The number of hydroxylamine groups is 1. The maximum absolute atomic E-state index is 8.79. The summed E-state index contributed by atoms with van der Waals surface area (Å²) in [4.78, 5) is 2.23. The molecule has 108 valence electrons. The van der Waals surface area contributed by atoms with E-state index in [2.05, 4.69) is 26.3 Å². The molecule has 1 fully saturated rings. The molecule has 0 aromatic rings. The number of nitrogens with one attached hydrogen (secondary N) is 4. The summed E-state index contributed by atoms with van der Waals surface area (Å²) in [7, 11) is 0. The van der Waals surface area contributed by atoms with Crippen LogP contribution in [0.4, 0.5) is 0 Å². The zero-order chi connectivity index (χ0) is 12.9. The van der Waals surface area contributed by atoms with Crippen LogP contribution >= 0.6 is 0 Å². The van der Waals surface area contributed by atoms with Gasteiger partial charge in [-0.2, -0.15) is 5.48 Å². The average molecular weight is 259 g/mol. The summed E-state index contributed by atoms with van der Waals surface area (Å²) in [6.45, 7) is 8.91. The second-order valence-electron chi connectivity index (χ2n) is 4.74. The topological polar surface area (TPSA) is 71.6 Å². The molecule has 0 aromatic heterocycles. The molecule has 0 aliphatic carbocycles. The van der Waals surface area contributed by atoms with E-state index in [1.807, 2.05) is 0 Å². The summed E-state index contributed by atoms with van der Waals surface area (Å²) in [6.07, 6.45) is 3.48. The van der Waals surface area contributed by atoms with Crippen molar-refractivity contribution >= 4 is 0 Å². The van der Waals surface area contributed by atoms with E-state index in [1.54, 1.807) is 0 Å². The predicted molar refractivity (Wildman–Crippen MR) is 73.8 cm³/mol. The minimum absolute atomic E-state index is 0.545. The Morgan fingerprint density at radius 1 is 0.778 bits per heavy atom. The molecular formula is C12H29N5O. The number of rotatable bonds is 2. The molecule has 18 heavy (non-hydrogen) atoms. The Morgan fingerprint density at radius 3 is 1.94 bits per heavy atom. The van der Waals surface area contributed by atoms with E-state index in [1.165, 1.54) is 12.8 Å². The summed E-state index contributed by atoms with van der Waals surface area (Å²) in [5.74, 6) is 0. The van der Waals surface area contributed by atoms with Gasteiger partial charge < -0.3 is 21.2 Å². The summed E-state index contributed by atoms with van der Waals surface area (Å²) >= 11 is 0. The fourth-order valence-electron chi connectivity index (χ4n) is 2.09. The van der Waals surface area contributed by atoms with Crippen LogP contribution in [0.15, 0.2) is 0 Å². The fourth-order valence-corrected chi connectivity index (χ4v) is 2.09. The van der Waals surface area contributed by atoms with E-state index in [4.69, 9.17) is 5.21 Å². The molecule has 6 nitrogen and oxygen atoms in total. The molecule has 0 aromatic carbocycles. The predicted octanol–water partition coefficient (Wildman–Crippen LogP) is -0.823. The first-order valence-electron chi connectivity index (χ1n) is 7.15. The van der Waals surface area contributed by atoms with Gasteiger partial charge in [0, 0.05) is 19.6 Å². The molecule has 0 saturated carbocycles. The van der Waals surface area contributed by atoms with Crippen molar-refractivity contribution in [3.05, 3.63) is 0 Å². The van der Waals surface area contributed by atoms with Crippen molar-refractivity contribution in [1.82, 2.24) is 26.3 Å². The van der Waals surface area contributed by atoms with Gasteiger partial charge in [0.1, 0.15) is 0 Å². The van der Waals surface area contributed by atoms with Gasteiger partial charge in [0.2, 0.25) is 0 Å². The van der Waals surface area contributed by atoms with Crippen molar-refractivity contribution in [2.75, 3.05) is 59.0 Å². The van der Waals surface area contributed by atoms with E-state index in [9.17, 15) is 0 Å². The maximum atomic E-state index is 8.79. The van der Waals surface area contributed by atoms with E-state index < -0.39 is 0 Å². The van der Waals surface area contributed by atoms with Crippen molar-refractivity contribution in [2.24, 2.45) is 0 Å². The molecule has 0 spiro atoms.